The van der Waals surface area contributed by atoms with Gasteiger partial charge in [0.05, 0.1) is 6.04 Å². The molecule has 6 heteroatoms. The van der Waals surface area contributed by atoms with Crippen LogP contribution >= 0.6 is 22.9 Å². The number of hydrogen-bond acceptors (Lipinski definition) is 4. The number of ether oxygens (including phenoxy) is 1. The first-order valence-electron chi connectivity index (χ1n) is 9.67. The van der Waals surface area contributed by atoms with Crippen LogP contribution in [0.2, 0.25) is 5.02 Å². The highest BCUT2D eigenvalue weighted by Crippen LogP contribution is 2.28. The molecule has 0 spiro atoms. The number of amides is 1. The maximum Gasteiger partial charge on any atom is 0.258 e. The molecule has 1 aromatic heterocycles. The van der Waals surface area contributed by atoms with Gasteiger partial charge in [-0.2, -0.15) is 11.3 Å². The molecular formula is C23H23ClN2O2S. The third kappa shape index (κ3) is 5.18. The first-order chi connectivity index (χ1) is 14.2. The molecule has 2 heterocycles. The highest BCUT2D eigenvalue weighted by Gasteiger charge is 2.25. The Morgan fingerprint density at radius 2 is 1.93 bits per heavy atom. The van der Waals surface area contributed by atoms with Crippen molar-refractivity contribution in [2.75, 3.05) is 19.7 Å². The van der Waals surface area contributed by atoms with Crippen molar-refractivity contribution in [2.45, 2.75) is 19.0 Å². The summed E-state index contributed by atoms with van der Waals surface area (Å²) in [5.74, 6) is 0.504. The molecule has 150 valence electrons. The number of carbonyl (C=O) groups is 1. The first-order valence-corrected chi connectivity index (χ1v) is 11.0. The second-order valence-electron chi connectivity index (χ2n) is 7.11. The minimum Gasteiger partial charge on any atom is -0.484 e. The van der Waals surface area contributed by atoms with Gasteiger partial charge in [0.2, 0.25) is 0 Å². The summed E-state index contributed by atoms with van der Waals surface area (Å²) in [7, 11) is 0. The van der Waals surface area contributed by atoms with Crippen LogP contribution in [-0.4, -0.2) is 30.5 Å². The lowest BCUT2D eigenvalue weighted by Gasteiger charge is -2.35. The highest BCUT2D eigenvalue weighted by atomic mass is 35.5. The van der Waals surface area contributed by atoms with Crippen LogP contribution in [0.5, 0.6) is 5.75 Å². The molecule has 3 aromatic rings. The average molecular weight is 427 g/mol. The van der Waals surface area contributed by atoms with Crippen LogP contribution in [0.1, 0.15) is 22.7 Å². The topological polar surface area (TPSA) is 41.6 Å². The average Bonchev–Trinajstić information content (AvgIpc) is 3.28. The smallest absolute Gasteiger partial charge is 0.258 e. The van der Waals surface area contributed by atoms with E-state index in [0.717, 1.165) is 19.5 Å². The summed E-state index contributed by atoms with van der Waals surface area (Å²) in [5, 5.41) is 7.95. The summed E-state index contributed by atoms with van der Waals surface area (Å²) >= 11 is 7.56. The van der Waals surface area contributed by atoms with E-state index < -0.39 is 0 Å². The standard InChI is InChI=1S/C23H23ClN2O2S/c24-20-5-7-21(8-6-20)28-15-23(27)25-13-22(19-10-12-29-16-19)26-11-9-17-3-1-2-4-18(17)14-26/h1-8,10,12,16,22H,9,11,13-15H2,(H,25,27). The maximum absolute atomic E-state index is 12.4. The summed E-state index contributed by atoms with van der Waals surface area (Å²) < 4.78 is 5.56. The van der Waals surface area contributed by atoms with Crippen LogP contribution in [0.15, 0.2) is 65.4 Å². The van der Waals surface area contributed by atoms with E-state index in [1.807, 2.05) is 0 Å². The van der Waals surface area contributed by atoms with Gasteiger partial charge in [-0.25, -0.2) is 0 Å². The fourth-order valence-electron chi connectivity index (χ4n) is 3.65. The molecule has 1 atom stereocenters. The third-order valence-electron chi connectivity index (χ3n) is 5.21. The minimum absolute atomic E-state index is 0.0131. The second kappa shape index (κ2) is 9.44. The van der Waals surface area contributed by atoms with E-state index in [0.29, 0.717) is 17.3 Å². The quantitative estimate of drug-likeness (QED) is 0.595. The van der Waals surface area contributed by atoms with E-state index in [1.54, 1.807) is 35.6 Å². The van der Waals surface area contributed by atoms with Gasteiger partial charge in [-0.05, 0) is 64.2 Å². The molecule has 4 nitrogen and oxygen atoms in total. The Bertz CT molecular complexity index is 944. The van der Waals surface area contributed by atoms with Crippen LogP contribution in [0, 0.1) is 0 Å². The summed E-state index contributed by atoms with van der Waals surface area (Å²) in [5.41, 5.74) is 4.04. The number of thiophene rings is 1. The van der Waals surface area contributed by atoms with Gasteiger partial charge in [0.15, 0.2) is 6.61 Å². The van der Waals surface area contributed by atoms with Gasteiger partial charge in [-0.15, -0.1) is 0 Å². The number of nitrogens with zero attached hydrogens (tertiary/aromatic N) is 1. The number of fused-ring (bicyclic) bond motifs is 1. The molecule has 1 aliphatic heterocycles. The number of benzene rings is 2. The first kappa shape index (κ1) is 20.0. The van der Waals surface area contributed by atoms with E-state index in [2.05, 4.69) is 51.3 Å². The van der Waals surface area contributed by atoms with Crippen LogP contribution in [-0.2, 0) is 17.8 Å². The van der Waals surface area contributed by atoms with Gasteiger partial charge in [-0.3, -0.25) is 9.69 Å². The van der Waals surface area contributed by atoms with Crippen molar-refractivity contribution in [2.24, 2.45) is 0 Å². The normalized spacial score (nSPS) is 14.8. The highest BCUT2D eigenvalue weighted by molar-refractivity contribution is 7.08. The van der Waals surface area contributed by atoms with E-state index in [4.69, 9.17) is 16.3 Å². The van der Waals surface area contributed by atoms with Crippen molar-refractivity contribution < 1.29 is 9.53 Å². The predicted octanol–water partition coefficient (Wildman–Crippen LogP) is 4.70. The molecule has 1 unspecified atom stereocenters. The number of nitrogens with one attached hydrogen (secondary N) is 1. The largest absolute Gasteiger partial charge is 0.484 e. The zero-order chi connectivity index (χ0) is 20.1. The Balaban J connectivity index is 1.37. The van der Waals surface area contributed by atoms with Crippen LogP contribution in [0.3, 0.4) is 0 Å². The Morgan fingerprint density at radius 1 is 1.14 bits per heavy atom. The van der Waals surface area contributed by atoms with Crippen molar-refractivity contribution in [1.29, 1.82) is 0 Å². The molecule has 0 fully saturated rings. The molecule has 29 heavy (non-hydrogen) atoms. The Hall–Kier alpha value is -2.34. The summed E-state index contributed by atoms with van der Waals surface area (Å²) in [4.78, 5) is 14.8. The SMILES string of the molecule is O=C(COc1ccc(Cl)cc1)NCC(c1ccsc1)N1CCc2ccccc2C1. The monoisotopic (exact) mass is 426 g/mol. The van der Waals surface area contributed by atoms with Crippen molar-refractivity contribution in [3.63, 3.8) is 0 Å². The zero-order valence-corrected chi connectivity index (χ0v) is 17.6. The molecule has 1 amide bonds. The lowest BCUT2D eigenvalue weighted by molar-refractivity contribution is -0.123. The molecule has 2 aromatic carbocycles. The van der Waals surface area contributed by atoms with Crippen molar-refractivity contribution in [1.82, 2.24) is 10.2 Å². The van der Waals surface area contributed by atoms with Gasteiger partial charge >= 0.3 is 0 Å². The molecule has 0 bridgehead atoms. The molecule has 0 saturated carbocycles. The number of carbonyl (C=O) groups excluding carboxylic acids is 1. The number of halogens is 1. The zero-order valence-electron chi connectivity index (χ0n) is 16.0. The molecule has 4 rings (SSSR count). The Kier molecular flexibility index (Phi) is 6.49. The van der Waals surface area contributed by atoms with E-state index in [1.165, 1.54) is 16.7 Å². The molecule has 1 aliphatic rings. The minimum atomic E-state index is -0.127. The summed E-state index contributed by atoms with van der Waals surface area (Å²) in [6.45, 7) is 2.42. The summed E-state index contributed by atoms with van der Waals surface area (Å²) in [6, 6.07) is 17.9. The van der Waals surface area contributed by atoms with Gasteiger partial charge in [-0.1, -0.05) is 35.9 Å². The number of rotatable bonds is 7. The molecule has 0 radical (unpaired) electrons. The number of hydrogen-bond donors (Lipinski definition) is 1. The third-order valence-corrected chi connectivity index (χ3v) is 6.16. The Morgan fingerprint density at radius 3 is 2.69 bits per heavy atom. The van der Waals surface area contributed by atoms with Crippen molar-refractivity contribution >= 4 is 28.8 Å². The van der Waals surface area contributed by atoms with Gasteiger partial charge in [0.1, 0.15) is 5.75 Å². The summed E-state index contributed by atoms with van der Waals surface area (Å²) in [6.07, 6.45) is 1.03. The van der Waals surface area contributed by atoms with E-state index >= 15 is 0 Å². The van der Waals surface area contributed by atoms with Crippen LogP contribution in [0.25, 0.3) is 0 Å². The maximum atomic E-state index is 12.4. The van der Waals surface area contributed by atoms with Gasteiger partial charge in [0.25, 0.3) is 5.91 Å². The van der Waals surface area contributed by atoms with Crippen LogP contribution < -0.4 is 10.1 Å². The van der Waals surface area contributed by atoms with E-state index in [9.17, 15) is 4.79 Å². The lowest BCUT2D eigenvalue weighted by Crippen LogP contribution is -2.41. The molecule has 0 saturated heterocycles. The van der Waals surface area contributed by atoms with Crippen molar-refractivity contribution in [3.05, 3.63) is 87.1 Å². The lowest BCUT2D eigenvalue weighted by atomic mass is 9.97. The van der Waals surface area contributed by atoms with Crippen LogP contribution in [0.4, 0.5) is 0 Å². The van der Waals surface area contributed by atoms with E-state index in [-0.39, 0.29) is 18.6 Å². The second-order valence-corrected chi connectivity index (χ2v) is 8.32. The van der Waals surface area contributed by atoms with Crippen molar-refractivity contribution in [3.8, 4) is 5.75 Å². The fraction of sp³-hybridized carbons (Fsp3) is 0.261. The van der Waals surface area contributed by atoms with Gasteiger partial charge < -0.3 is 10.1 Å². The molecular weight excluding hydrogens is 404 g/mol. The molecule has 0 aliphatic carbocycles. The Labute approximate surface area is 180 Å². The predicted molar refractivity (Wildman–Crippen MR) is 118 cm³/mol. The fourth-order valence-corrected chi connectivity index (χ4v) is 4.48. The molecule has 1 N–H and O–H groups in total. The van der Waals surface area contributed by atoms with Gasteiger partial charge in [0, 0.05) is 24.7 Å².